The van der Waals surface area contributed by atoms with Crippen LogP contribution in [0.15, 0.2) is 30.0 Å². The third-order valence-electron chi connectivity index (χ3n) is 3.03. The highest BCUT2D eigenvalue weighted by atomic mass is 35.5. The van der Waals surface area contributed by atoms with Crippen molar-refractivity contribution in [3.8, 4) is 6.07 Å². The number of halogens is 1. The number of nitrogens with zero attached hydrogens (tertiary/aromatic N) is 2. The Hall–Kier alpha value is -1.99. The first-order valence-corrected chi connectivity index (χ1v) is 7.25. The van der Waals surface area contributed by atoms with Gasteiger partial charge in [-0.2, -0.15) is 5.26 Å². The van der Waals surface area contributed by atoms with Crippen LogP contribution in [-0.2, 0) is 4.79 Å². The molecule has 5 heteroatoms. The highest BCUT2D eigenvalue weighted by molar-refractivity contribution is 6.31. The molecule has 1 aromatic rings. The summed E-state index contributed by atoms with van der Waals surface area (Å²) in [6.45, 7) is 4.78. The Kier molecular flexibility index (Phi) is 6.77. The van der Waals surface area contributed by atoms with E-state index in [1.54, 1.807) is 18.3 Å². The van der Waals surface area contributed by atoms with Crippen LogP contribution in [0.1, 0.15) is 25.3 Å². The molecule has 0 heterocycles. The molecule has 0 bridgehead atoms. The summed E-state index contributed by atoms with van der Waals surface area (Å²) in [6.07, 6.45) is 3.65. The van der Waals surface area contributed by atoms with Crippen LogP contribution < -0.4 is 5.32 Å². The zero-order chi connectivity index (χ0) is 15.8. The van der Waals surface area contributed by atoms with Gasteiger partial charge in [-0.15, -0.1) is 0 Å². The van der Waals surface area contributed by atoms with Crippen molar-refractivity contribution in [2.24, 2.45) is 0 Å². The Labute approximate surface area is 131 Å². The molecule has 0 fully saturated rings. The Morgan fingerprint density at radius 1 is 1.52 bits per heavy atom. The molecule has 0 spiro atoms. The average Bonchev–Trinajstić information content (AvgIpc) is 2.46. The number of hydrogen-bond acceptors (Lipinski definition) is 3. The summed E-state index contributed by atoms with van der Waals surface area (Å²) in [5.74, 6) is -0.425. The minimum absolute atomic E-state index is 0.0768. The van der Waals surface area contributed by atoms with Gasteiger partial charge >= 0.3 is 0 Å². The molecule has 21 heavy (non-hydrogen) atoms. The predicted octanol–water partition coefficient (Wildman–Crippen LogP) is 3.73. The lowest BCUT2D eigenvalue weighted by atomic mass is 10.2. The van der Waals surface area contributed by atoms with Gasteiger partial charge in [0.05, 0.1) is 0 Å². The van der Waals surface area contributed by atoms with E-state index in [0.717, 1.165) is 24.9 Å². The molecule has 0 radical (unpaired) electrons. The van der Waals surface area contributed by atoms with Crippen molar-refractivity contribution in [1.29, 1.82) is 5.26 Å². The minimum atomic E-state index is -0.425. The molecule has 4 nitrogen and oxygen atoms in total. The van der Waals surface area contributed by atoms with E-state index in [4.69, 9.17) is 16.9 Å². The molecule has 1 rings (SSSR count). The maximum Gasteiger partial charge on any atom is 0.267 e. The van der Waals surface area contributed by atoms with Gasteiger partial charge in [0.25, 0.3) is 5.91 Å². The Bertz CT molecular complexity index is 575. The molecule has 112 valence electrons. The summed E-state index contributed by atoms with van der Waals surface area (Å²) in [5.41, 5.74) is 1.59. The van der Waals surface area contributed by atoms with Gasteiger partial charge in [-0.25, -0.2) is 0 Å². The summed E-state index contributed by atoms with van der Waals surface area (Å²) >= 11 is 5.92. The molecule has 0 aliphatic rings. The molecule has 0 saturated heterocycles. The van der Waals surface area contributed by atoms with Gasteiger partial charge in [-0.05, 0) is 31.0 Å². The number of amides is 1. The number of nitriles is 1. The van der Waals surface area contributed by atoms with Gasteiger partial charge in [0.1, 0.15) is 11.6 Å². The van der Waals surface area contributed by atoms with Crippen LogP contribution >= 0.6 is 11.6 Å². The molecule has 1 amide bonds. The summed E-state index contributed by atoms with van der Waals surface area (Å²) in [7, 11) is 1.85. The third-order valence-corrected chi connectivity index (χ3v) is 3.26. The van der Waals surface area contributed by atoms with E-state index in [1.807, 2.05) is 31.0 Å². The fourth-order valence-corrected chi connectivity index (χ4v) is 1.92. The molecule has 0 aliphatic heterocycles. The van der Waals surface area contributed by atoms with Crippen LogP contribution in [-0.4, -0.2) is 24.4 Å². The quantitative estimate of drug-likeness (QED) is 0.643. The standard InChI is InChI=1S/C16H20ClN3O/c1-4-5-8-20(3)11-13(10-18)16(21)19-15-9-14(17)7-6-12(15)2/h6-7,9,11H,4-5,8H2,1-3H3,(H,19,21)/b13-11-. The third kappa shape index (κ3) is 5.49. The number of nitrogens with one attached hydrogen (secondary N) is 1. The number of unbranched alkanes of at least 4 members (excludes halogenated alkanes) is 1. The normalized spacial score (nSPS) is 10.9. The highest BCUT2D eigenvalue weighted by Gasteiger charge is 2.11. The molecule has 0 atom stereocenters. The highest BCUT2D eigenvalue weighted by Crippen LogP contribution is 2.20. The largest absolute Gasteiger partial charge is 0.379 e. The van der Waals surface area contributed by atoms with Crippen molar-refractivity contribution in [1.82, 2.24) is 4.90 Å². The summed E-state index contributed by atoms with van der Waals surface area (Å²) in [5, 5.41) is 12.4. The SMILES string of the molecule is CCCCN(C)/C=C(/C#N)C(=O)Nc1cc(Cl)ccc1C. The van der Waals surface area contributed by atoms with Gasteiger partial charge in [-0.3, -0.25) is 4.79 Å². The lowest BCUT2D eigenvalue weighted by Crippen LogP contribution is -2.19. The van der Waals surface area contributed by atoms with Crippen molar-refractivity contribution in [3.05, 3.63) is 40.6 Å². The number of rotatable bonds is 6. The van der Waals surface area contributed by atoms with Crippen LogP contribution in [0, 0.1) is 18.3 Å². The van der Waals surface area contributed by atoms with E-state index in [9.17, 15) is 4.79 Å². The Morgan fingerprint density at radius 2 is 2.24 bits per heavy atom. The van der Waals surface area contributed by atoms with Crippen LogP contribution in [0.25, 0.3) is 0 Å². The van der Waals surface area contributed by atoms with Crippen molar-refractivity contribution in [2.75, 3.05) is 18.9 Å². The Balaban J connectivity index is 2.82. The van der Waals surface area contributed by atoms with E-state index in [2.05, 4.69) is 12.2 Å². The van der Waals surface area contributed by atoms with E-state index >= 15 is 0 Å². The summed E-state index contributed by atoms with van der Waals surface area (Å²) in [6, 6.07) is 7.19. The second-order valence-electron chi connectivity index (χ2n) is 4.90. The van der Waals surface area contributed by atoms with Gasteiger partial charge in [0.2, 0.25) is 0 Å². The molecule has 0 unspecified atom stereocenters. The number of anilines is 1. The van der Waals surface area contributed by atoms with Crippen molar-refractivity contribution in [3.63, 3.8) is 0 Å². The summed E-state index contributed by atoms with van der Waals surface area (Å²) in [4.78, 5) is 14.0. The Morgan fingerprint density at radius 3 is 2.86 bits per heavy atom. The second-order valence-corrected chi connectivity index (χ2v) is 5.34. The molecule has 0 aromatic heterocycles. The first-order valence-electron chi connectivity index (χ1n) is 6.87. The average molecular weight is 306 g/mol. The van der Waals surface area contributed by atoms with Crippen LogP contribution in [0.4, 0.5) is 5.69 Å². The molecular formula is C16H20ClN3O. The lowest BCUT2D eigenvalue weighted by Gasteiger charge is -2.14. The van der Waals surface area contributed by atoms with Gasteiger partial charge in [0.15, 0.2) is 0 Å². The van der Waals surface area contributed by atoms with E-state index in [0.29, 0.717) is 10.7 Å². The fourth-order valence-electron chi connectivity index (χ4n) is 1.75. The van der Waals surface area contributed by atoms with Crippen LogP contribution in [0.2, 0.25) is 5.02 Å². The van der Waals surface area contributed by atoms with Crippen molar-refractivity contribution < 1.29 is 4.79 Å². The minimum Gasteiger partial charge on any atom is -0.379 e. The summed E-state index contributed by atoms with van der Waals surface area (Å²) < 4.78 is 0. The molecule has 0 saturated carbocycles. The number of hydrogen-bond donors (Lipinski definition) is 1. The second kappa shape index (κ2) is 8.33. The lowest BCUT2D eigenvalue weighted by molar-refractivity contribution is -0.112. The first-order chi connectivity index (χ1) is 9.97. The fraction of sp³-hybridized carbons (Fsp3) is 0.375. The van der Waals surface area contributed by atoms with E-state index in [1.165, 1.54) is 0 Å². The molecule has 1 N–H and O–H groups in total. The van der Waals surface area contributed by atoms with Crippen LogP contribution in [0.5, 0.6) is 0 Å². The zero-order valence-electron chi connectivity index (χ0n) is 12.6. The van der Waals surface area contributed by atoms with Crippen molar-refractivity contribution in [2.45, 2.75) is 26.7 Å². The molecule has 1 aromatic carbocycles. The molecular weight excluding hydrogens is 286 g/mol. The number of benzene rings is 1. The monoisotopic (exact) mass is 305 g/mol. The van der Waals surface area contributed by atoms with E-state index < -0.39 is 5.91 Å². The topological polar surface area (TPSA) is 56.1 Å². The maximum atomic E-state index is 12.1. The van der Waals surface area contributed by atoms with Crippen LogP contribution in [0.3, 0.4) is 0 Å². The van der Waals surface area contributed by atoms with Gasteiger partial charge < -0.3 is 10.2 Å². The predicted molar refractivity (Wildman–Crippen MR) is 86.1 cm³/mol. The molecule has 0 aliphatic carbocycles. The van der Waals surface area contributed by atoms with E-state index in [-0.39, 0.29) is 5.57 Å². The smallest absolute Gasteiger partial charge is 0.267 e. The maximum absolute atomic E-state index is 12.1. The van der Waals surface area contributed by atoms with Crippen molar-refractivity contribution >= 4 is 23.2 Å². The van der Waals surface area contributed by atoms with Gasteiger partial charge in [0, 0.05) is 30.5 Å². The zero-order valence-corrected chi connectivity index (χ0v) is 13.4. The first kappa shape index (κ1) is 17.1. The number of carbonyl (C=O) groups is 1. The number of carbonyl (C=O) groups excluding carboxylic acids is 1. The number of aryl methyl sites for hydroxylation is 1. The van der Waals surface area contributed by atoms with Gasteiger partial charge in [-0.1, -0.05) is 31.0 Å².